The van der Waals surface area contributed by atoms with E-state index in [1.165, 1.54) is 36.3 Å². The fourth-order valence-electron chi connectivity index (χ4n) is 2.55. The predicted molar refractivity (Wildman–Crippen MR) is 103 cm³/mol. The minimum atomic E-state index is -3.83. The molecule has 0 spiro atoms. The van der Waals surface area contributed by atoms with Gasteiger partial charge in [0.2, 0.25) is 15.9 Å². The largest absolute Gasteiger partial charge is 0.497 e. The Bertz CT molecular complexity index is 1120. The van der Waals surface area contributed by atoms with Gasteiger partial charge in [0.05, 0.1) is 24.7 Å². The number of carbonyl (C=O) groups is 1. The lowest BCUT2D eigenvalue weighted by atomic mass is 10.2. The van der Waals surface area contributed by atoms with Crippen molar-refractivity contribution in [2.24, 2.45) is 0 Å². The fourth-order valence-corrected chi connectivity index (χ4v) is 3.40. The third kappa shape index (κ3) is 5.04. The van der Waals surface area contributed by atoms with E-state index in [-0.39, 0.29) is 5.69 Å². The van der Waals surface area contributed by atoms with E-state index in [1.54, 1.807) is 18.2 Å². The summed E-state index contributed by atoms with van der Waals surface area (Å²) in [6.07, 6.45) is 2.31. The highest BCUT2D eigenvalue weighted by atomic mass is 32.2. The smallest absolute Gasteiger partial charge is 0.245 e. The fraction of sp³-hybridized carbons (Fsp3) is 0.176. The van der Waals surface area contributed by atoms with Crippen LogP contribution in [0.1, 0.15) is 0 Å². The van der Waals surface area contributed by atoms with Crippen LogP contribution in [0.25, 0.3) is 5.69 Å². The highest BCUT2D eigenvalue weighted by Crippen LogP contribution is 2.23. The molecule has 2 aromatic carbocycles. The number of nitrogens with zero attached hydrogens (tertiary/aromatic N) is 5. The molecular weight excluding hydrogens is 403 g/mol. The summed E-state index contributed by atoms with van der Waals surface area (Å²) in [5.74, 6) is -0.815. The molecule has 1 aromatic heterocycles. The third-order valence-electron chi connectivity index (χ3n) is 3.81. The van der Waals surface area contributed by atoms with Crippen molar-refractivity contribution in [3.05, 3.63) is 54.6 Å². The number of aromatic nitrogens is 4. The molecule has 0 aliphatic rings. The van der Waals surface area contributed by atoms with Crippen LogP contribution in [-0.4, -0.2) is 54.4 Å². The number of anilines is 2. The standard InChI is InChI=1S/C17H17FN6O4S/c1-28-16-8-13(7-15(9-16)23-11-19-21-22-23)20-17(25)10-24(29(2,26)27)14-5-3-4-12(18)6-14/h3-9,11H,10H2,1-2H3,(H,20,25). The van der Waals surface area contributed by atoms with Crippen LogP contribution in [0, 0.1) is 5.82 Å². The lowest BCUT2D eigenvalue weighted by Gasteiger charge is -2.22. The summed E-state index contributed by atoms with van der Waals surface area (Å²) in [5.41, 5.74) is 0.907. The zero-order valence-electron chi connectivity index (χ0n) is 15.5. The summed E-state index contributed by atoms with van der Waals surface area (Å²) >= 11 is 0. The number of carbonyl (C=O) groups excluding carboxylic acids is 1. The number of hydrogen-bond donors (Lipinski definition) is 1. The maximum atomic E-state index is 13.5. The van der Waals surface area contributed by atoms with Gasteiger partial charge in [-0.05, 0) is 34.7 Å². The minimum absolute atomic E-state index is 0.0441. The third-order valence-corrected chi connectivity index (χ3v) is 4.95. The van der Waals surface area contributed by atoms with Gasteiger partial charge in [-0.2, -0.15) is 0 Å². The van der Waals surface area contributed by atoms with Crippen LogP contribution in [0.4, 0.5) is 15.8 Å². The van der Waals surface area contributed by atoms with Crippen LogP contribution in [0.15, 0.2) is 48.8 Å². The number of methoxy groups -OCH3 is 1. The lowest BCUT2D eigenvalue weighted by Crippen LogP contribution is -2.37. The number of amides is 1. The molecule has 0 aliphatic heterocycles. The van der Waals surface area contributed by atoms with Crippen molar-refractivity contribution in [3.63, 3.8) is 0 Å². The zero-order valence-corrected chi connectivity index (χ0v) is 16.3. The van der Waals surface area contributed by atoms with Crippen molar-refractivity contribution in [2.45, 2.75) is 0 Å². The average molecular weight is 420 g/mol. The molecule has 0 atom stereocenters. The van der Waals surface area contributed by atoms with Crippen molar-refractivity contribution in [2.75, 3.05) is 29.5 Å². The van der Waals surface area contributed by atoms with E-state index >= 15 is 0 Å². The van der Waals surface area contributed by atoms with Crippen molar-refractivity contribution >= 4 is 27.3 Å². The highest BCUT2D eigenvalue weighted by Gasteiger charge is 2.21. The number of halogens is 1. The van der Waals surface area contributed by atoms with E-state index in [1.807, 2.05) is 0 Å². The Morgan fingerprint density at radius 1 is 1.28 bits per heavy atom. The Morgan fingerprint density at radius 3 is 2.69 bits per heavy atom. The Kier molecular flexibility index (Phi) is 5.73. The van der Waals surface area contributed by atoms with Gasteiger partial charge in [0, 0.05) is 17.8 Å². The number of rotatable bonds is 7. The molecule has 10 nitrogen and oxygen atoms in total. The molecule has 1 N–H and O–H groups in total. The van der Waals surface area contributed by atoms with Crippen LogP contribution >= 0.6 is 0 Å². The first-order valence-electron chi connectivity index (χ1n) is 8.22. The van der Waals surface area contributed by atoms with E-state index in [2.05, 4.69) is 20.8 Å². The minimum Gasteiger partial charge on any atom is -0.497 e. The molecule has 0 bridgehead atoms. The summed E-state index contributed by atoms with van der Waals surface area (Å²) in [6, 6.07) is 9.78. The Labute approximate surface area is 165 Å². The molecule has 1 amide bonds. The number of ether oxygens (including phenoxy) is 1. The van der Waals surface area contributed by atoms with Gasteiger partial charge in [0.1, 0.15) is 24.4 Å². The summed E-state index contributed by atoms with van der Waals surface area (Å²) in [4.78, 5) is 12.5. The molecular formula is C17H17FN6O4S. The number of tetrazole rings is 1. The van der Waals surface area contributed by atoms with Gasteiger partial charge in [-0.15, -0.1) is 5.10 Å². The summed E-state index contributed by atoms with van der Waals surface area (Å²) < 4.78 is 45.1. The first-order chi connectivity index (χ1) is 13.8. The molecule has 0 radical (unpaired) electrons. The number of sulfonamides is 1. The van der Waals surface area contributed by atoms with Gasteiger partial charge in [0.15, 0.2) is 0 Å². The molecule has 0 saturated carbocycles. The van der Waals surface area contributed by atoms with E-state index < -0.39 is 28.3 Å². The lowest BCUT2D eigenvalue weighted by molar-refractivity contribution is -0.114. The maximum absolute atomic E-state index is 13.5. The summed E-state index contributed by atoms with van der Waals surface area (Å²) in [5, 5.41) is 13.5. The SMILES string of the molecule is COc1cc(NC(=O)CN(c2cccc(F)c2)S(C)(=O)=O)cc(-n2cnnn2)c1. The molecule has 1 heterocycles. The van der Waals surface area contributed by atoms with Crippen LogP contribution in [0.3, 0.4) is 0 Å². The molecule has 3 aromatic rings. The van der Waals surface area contributed by atoms with Gasteiger partial charge < -0.3 is 10.1 Å². The maximum Gasteiger partial charge on any atom is 0.245 e. The van der Waals surface area contributed by atoms with Gasteiger partial charge in [-0.1, -0.05) is 6.07 Å². The molecule has 0 fully saturated rings. The van der Waals surface area contributed by atoms with Gasteiger partial charge in [-0.3, -0.25) is 9.10 Å². The molecule has 29 heavy (non-hydrogen) atoms. The number of hydrogen-bond acceptors (Lipinski definition) is 7. The van der Waals surface area contributed by atoms with Crippen LogP contribution in [-0.2, 0) is 14.8 Å². The Balaban J connectivity index is 1.84. The van der Waals surface area contributed by atoms with Crippen molar-refractivity contribution in [3.8, 4) is 11.4 Å². The van der Waals surface area contributed by atoms with Crippen molar-refractivity contribution < 1.29 is 22.3 Å². The van der Waals surface area contributed by atoms with Gasteiger partial charge in [0.25, 0.3) is 0 Å². The predicted octanol–water partition coefficient (Wildman–Crippen LogP) is 1.21. The van der Waals surface area contributed by atoms with Crippen LogP contribution < -0.4 is 14.4 Å². The van der Waals surface area contributed by atoms with Crippen molar-refractivity contribution in [1.82, 2.24) is 20.2 Å². The highest BCUT2D eigenvalue weighted by molar-refractivity contribution is 7.92. The molecule has 0 saturated heterocycles. The van der Waals surface area contributed by atoms with Gasteiger partial charge >= 0.3 is 0 Å². The number of nitrogens with one attached hydrogen (secondary N) is 1. The zero-order chi connectivity index (χ0) is 21.0. The van der Waals surface area contributed by atoms with E-state index in [0.717, 1.165) is 16.6 Å². The Morgan fingerprint density at radius 2 is 2.07 bits per heavy atom. The van der Waals surface area contributed by atoms with E-state index in [4.69, 9.17) is 4.74 Å². The number of benzene rings is 2. The van der Waals surface area contributed by atoms with Crippen LogP contribution in [0.2, 0.25) is 0 Å². The van der Waals surface area contributed by atoms with Crippen LogP contribution in [0.5, 0.6) is 5.75 Å². The second kappa shape index (κ2) is 8.22. The molecule has 152 valence electrons. The van der Waals surface area contributed by atoms with E-state index in [9.17, 15) is 17.6 Å². The molecule has 3 rings (SSSR count). The van der Waals surface area contributed by atoms with Crippen molar-refractivity contribution in [1.29, 1.82) is 0 Å². The molecule has 0 aliphatic carbocycles. The normalized spacial score (nSPS) is 11.1. The van der Waals surface area contributed by atoms with E-state index in [0.29, 0.717) is 17.1 Å². The molecule has 12 heteroatoms. The second-order valence-electron chi connectivity index (χ2n) is 5.97. The first kappa shape index (κ1) is 20.2. The Hall–Kier alpha value is -3.54. The van der Waals surface area contributed by atoms with Gasteiger partial charge in [-0.25, -0.2) is 17.5 Å². The quantitative estimate of drug-likeness (QED) is 0.610. The monoisotopic (exact) mass is 420 g/mol. The summed E-state index contributed by atoms with van der Waals surface area (Å²) in [6.45, 7) is -0.542. The first-order valence-corrected chi connectivity index (χ1v) is 10.1. The second-order valence-corrected chi connectivity index (χ2v) is 7.88. The topological polar surface area (TPSA) is 119 Å². The summed E-state index contributed by atoms with van der Waals surface area (Å²) in [7, 11) is -2.37. The average Bonchev–Trinajstić information content (AvgIpc) is 3.19. The molecule has 0 unspecified atom stereocenters.